The monoisotopic (exact) mass is 318 g/mol. The summed E-state index contributed by atoms with van der Waals surface area (Å²) in [5.74, 6) is -0.709. The number of benzene rings is 2. The van der Waals surface area contributed by atoms with Crippen molar-refractivity contribution >= 4 is 18.5 Å². The van der Waals surface area contributed by atoms with Crippen LogP contribution in [0.3, 0.4) is 0 Å². The summed E-state index contributed by atoms with van der Waals surface area (Å²) in [6, 6.07) is 12.7. The van der Waals surface area contributed by atoms with E-state index in [1.165, 1.54) is 30.3 Å². The third kappa shape index (κ3) is 3.31. The van der Waals surface area contributed by atoms with Gasteiger partial charge in [-0.05, 0) is 60.6 Å². The number of allylic oxidation sites excluding steroid dienone is 4. The average molecular weight is 318 g/mol. The molecule has 0 fully saturated rings. The zero-order chi connectivity index (χ0) is 15.5. The number of hydrogen-bond acceptors (Lipinski definition) is 0. The van der Waals surface area contributed by atoms with E-state index in [1.54, 1.807) is 30.3 Å². The maximum Gasteiger partial charge on any atom is 0.123 e. The highest BCUT2D eigenvalue weighted by molar-refractivity contribution is 7.76. The Labute approximate surface area is 128 Å². The highest BCUT2D eigenvalue weighted by atomic mass is 31.1. The van der Waals surface area contributed by atoms with Crippen molar-refractivity contribution in [2.24, 2.45) is 0 Å². The molecule has 0 aliphatic heterocycles. The van der Waals surface area contributed by atoms with Crippen LogP contribution in [0.2, 0.25) is 0 Å². The molecule has 0 unspecified atom stereocenters. The lowest BCUT2D eigenvalue weighted by Gasteiger charge is -2.23. The Hall–Kier alpha value is -1.86. The van der Waals surface area contributed by atoms with Crippen molar-refractivity contribution in [2.45, 2.75) is 12.8 Å². The van der Waals surface area contributed by atoms with Gasteiger partial charge in [-0.25, -0.2) is 13.2 Å². The Morgan fingerprint density at radius 2 is 1.14 bits per heavy atom. The topological polar surface area (TPSA) is 0 Å². The number of hydrogen-bond donors (Lipinski definition) is 0. The van der Waals surface area contributed by atoms with Gasteiger partial charge in [0.2, 0.25) is 0 Å². The minimum atomic E-state index is -0.896. The van der Waals surface area contributed by atoms with Crippen molar-refractivity contribution in [3.8, 4) is 0 Å². The molecule has 0 heterocycles. The Kier molecular flexibility index (Phi) is 4.44. The first-order valence-electron chi connectivity index (χ1n) is 7.00. The van der Waals surface area contributed by atoms with Gasteiger partial charge in [-0.15, -0.1) is 0 Å². The molecule has 0 N–H and O–H groups in total. The lowest BCUT2D eigenvalue weighted by Crippen LogP contribution is -2.14. The van der Waals surface area contributed by atoms with Gasteiger partial charge in [0.05, 0.1) is 0 Å². The van der Waals surface area contributed by atoms with Crippen LogP contribution < -0.4 is 10.6 Å². The van der Waals surface area contributed by atoms with E-state index < -0.39 is 7.92 Å². The van der Waals surface area contributed by atoms with Crippen LogP contribution in [0, 0.1) is 11.6 Å². The Morgan fingerprint density at radius 1 is 0.636 bits per heavy atom. The molecule has 0 aromatic heterocycles. The minimum Gasteiger partial charge on any atom is -0.212 e. The molecule has 2 aromatic carbocycles. The molecule has 2 aromatic rings. The summed E-state index contributed by atoms with van der Waals surface area (Å²) >= 11 is 0. The molecular formula is C18H14F3P. The SMILES string of the molecule is FC1=CC=C(P(c2ccc(F)cc2)c2ccc(F)cc2)CC1. The van der Waals surface area contributed by atoms with Crippen molar-refractivity contribution in [3.05, 3.63) is 83.5 Å². The van der Waals surface area contributed by atoms with E-state index in [0.717, 1.165) is 15.9 Å². The second-order valence-electron chi connectivity index (χ2n) is 5.06. The summed E-state index contributed by atoms with van der Waals surface area (Å²) in [7, 11) is -0.896. The molecule has 22 heavy (non-hydrogen) atoms. The van der Waals surface area contributed by atoms with Gasteiger partial charge in [0.15, 0.2) is 0 Å². The van der Waals surface area contributed by atoms with Crippen LogP contribution in [0.25, 0.3) is 0 Å². The molecule has 4 heteroatoms. The second kappa shape index (κ2) is 6.50. The average Bonchev–Trinajstić information content (AvgIpc) is 2.53. The third-order valence-electron chi connectivity index (χ3n) is 3.53. The fraction of sp³-hybridized carbons (Fsp3) is 0.111. The van der Waals surface area contributed by atoms with Gasteiger partial charge >= 0.3 is 0 Å². The molecular weight excluding hydrogens is 304 g/mol. The minimum absolute atomic E-state index is 0.128. The Bertz CT molecular complexity index is 670. The lowest BCUT2D eigenvalue weighted by atomic mass is 10.2. The zero-order valence-corrected chi connectivity index (χ0v) is 12.7. The largest absolute Gasteiger partial charge is 0.212 e. The van der Waals surface area contributed by atoms with E-state index >= 15 is 0 Å². The van der Waals surface area contributed by atoms with E-state index in [9.17, 15) is 13.2 Å². The van der Waals surface area contributed by atoms with Gasteiger partial charge in [-0.3, -0.25) is 0 Å². The van der Waals surface area contributed by atoms with E-state index in [1.807, 2.05) is 0 Å². The van der Waals surface area contributed by atoms with Gasteiger partial charge in [0.25, 0.3) is 0 Å². The van der Waals surface area contributed by atoms with Gasteiger partial charge < -0.3 is 0 Å². The van der Waals surface area contributed by atoms with Crippen molar-refractivity contribution in [2.75, 3.05) is 0 Å². The van der Waals surface area contributed by atoms with Crippen molar-refractivity contribution < 1.29 is 13.2 Å². The summed E-state index contributed by atoms with van der Waals surface area (Å²) in [6.07, 6.45) is 4.30. The summed E-state index contributed by atoms with van der Waals surface area (Å²) in [4.78, 5) is 0. The smallest absolute Gasteiger partial charge is 0.123 e. The highest BCUT2D eigenvalue weighted by Gasteiger charge is 2.20. The van der Waals surface area contributed by atoms with Crippen LogP contribution in [0.1, 0.15) is 12.8 Å². The van der Waals surface area contributed by atoms with E-state index in [0.29, 0.717) is 12.8 Å². The van der Waals surface area contributed by atoms with Gasteiger partial charge in [0.1, 0.15) is 17.5 Å². The fourth-order valence-electron chi connectivity index (χ4n) is 2.45. The molecule has 0 bridgehead atoms. The van der Waals surface area contributed by atoms with Crippen molar-refractivity contribution in [1.82, 2.24) is 0 Å². The van der Waals surface area contributed by atoms with E-state index in [-0.39, 0.29) is 17.5 Å². The Balaban J connectivity index is 2.06. The van der Waals surface area contributed by atoms with Crippen LogP contribution >= 0.6 is 7.92 Å². The van der Waals surface area contributed by atoms with Crippen molar-refractivity contribution in [3.63, 3.8) is 0 Å². The summed E-state index contributed by atoms with van der Waals surface area (Å²) in [5, 5.41) is 3.06. The summed E-state index contributed by atoms with van der Waals surface area (Å²) < 4.78 is 39.6. The predicted octanol–water partition coefficient (Wildman–Crippen LogP) is 4.93. The number of halogens is 3. The third-order valence-corrected chi connectivity index (χ3v) is 6.11. The molecule has 0 amide bonds. The number of rotatable bonds is 3. The first kappa shape index (κ1) is 15.1. The molecule has 0 radical (unpaired) electrons. The lowest BCUT2D eigenvalue weighted by molar-refractivity contribution is 0.586. The first-order chi connectivity index (χ1) is 10.6. The quantitative estimate of drug-likeness (QED) is 0.704. The van der Waals surface area contributed by atoms with Gasteiger partial charge in [0, 0.05) is 6.42 Å². The predicted molar refractivity (Wildman–Crippen MR) is 85.5 cm³/mol. The summed E-state index contributed by atoms with van der Waals surface area (Å²) in [6.45, 7) is 0. The Morgan fingerprint density at radius 3 is 1.55 bits per heavy atom. The molecule has 0 saturated carbocycles. The van der Waals surface area contributed by atoms with Crippen LogP contribution in [0.5, 0.6) is 0 Å². The first-order valence-corrected chi connectivity index (χ1v) is 8.34. The standard InChI is InChI=1S/C18H14F3P/c19-13-1-7-16(8-2-13)22(17-9-3-14(20)4-10-17)18-11-5-15(21)6-12-18/h1-5,7-11H,6,12H2. The molecule has 1 aliphatic rings. The molecule has 0 nitrogen and oxygen atoms in total. The van der Waals surface area contributed by atoms with E-state index in [4.69, 9.17) is 0 Å². The molecule has 0 spiro atoms. The summed E-state index contributed by atoms with van der Waals surface area (Å²) in [5.41, 5.74) is 0. The van der Waals surface area contributed by atoms with Crippen LogP contribution in [-0.2, 0) is 0 Å². The maximum atomic E-state index is 13.3. The van der Waals surface area contributed by atoms with Crippen LogP contribution in [0.4, 0.5) is 13.2 Å². The van der Waals surface area contributed by atoms with Gasteiger partial charge in [-0.2, -0.15) is 0 Å². The molecule has 3 rings (SSSR count). The maximum absolute atomic E-state index is 13.3. The van der Waals surface area contributed by atoms with Crippen LogP contribution in [-0.4, -0.2) is 0 Å². The molecule has 0 saturated heterocycles. The highest BCUT2D eigenvalue weighted by Crippen LogP contribution is 2.47. The normalized spacial score (nSPS) is 14.7. The molecule has 0 atom stereocenters. The van der Waals surface area contributed by atoms with Crippen LogP contribution in [0.15, 0.2) is 71.8 Å². The second-order valence-corrected chi connectivity index (χ2v) is 7.34. The van der Waals surface area contributed by atoms with Crippen molar-refractivity contribution in [1.29, 1.82) is 0 Å². The molecule has 112 valence electrons. The molecule has 1 aliphatic carbocycles. The van der Waals surface area contributed by atoms with E-state index in [2.05, 4.69) is 0 Å². The zero-order valence-electron chi connectivity index (χ0n) is 11.8. The van der Waals surface area contributed by atoms with Gasteiger partial charge in [-0.1, -0.05) is 30.3 Å². The fourth-order valence-corrected chi connectivity index (χ4v) is 4.86.